The normalized spacial score (nSPS) is 12.4. The summed E-state index contributed by atoms with van der Waals surface area (Å²) in [5.41, 5.74) is 0. The Morgan fingerprint density at radius 3 is 3.06 bits per heavy atom. The van der Waals surface area contributed by atoms with E-state index in [2.05, 4.69) is 27.4 Å². The van der Waals surface area contributed by atoms with Gasteiger partial charge >= 0.3 is 0 Å². The van der Waals surface area contributed by atoms with E-state index in [0.717, 1.165) is 31.5 Å². The predicted octanol–water partition coefficient (Wildman–Crippen LogP) is 1.29. The molecule has 5 nitrogen and oxygen atoms in total. The summed E-state index contributed by atoms with van der Waals surface area (Å²) in [5, 5.41) is 9.49. The van der Waals surface area contributed by atoms with Crippen molar-refractivity contribution in [3.8, 4) is 0 Å². The van der Waals surface area contributed by atoms with E-state index >= 15 is 0 Å². The Morgan fingerprint density at radius 1 is 1.62 bits per heavy atom. The van der Waals surface area contributed by atoms with Gasteiger partial charge in [0, 0.05) is 18.9 Å². The highest BCUT2D eigenvalue weighted by atomic mass is 16.1. The Bertz CT molecular complexity index is 297. The number of hydrogen-bond acceptors (Lipinski definition) is 3. The summed E-state index contributed by atoms with van der Waals surface area (Å²) >= 11 is 0. The number of rotatable bonds is 7. The van der Waals surface area contributed by atoms with Gasteiger partial charge in [0.25, 0.3) is 0 Å². The summed E-state index contributed by atoms with van der Waals surface area (Å²) in [5.74, 6) is 1.14. The lowest BCUT2D eigenvalue weighted by atomic mass is 10.1. The van der Waals surface area contributed by atoms with E-state index in [4.69, 9.17) is 0 Å². The van der Waals surface area contributed by atoms with Crippen LogP contribution in [0, 0.1) is 5.92 Å². The summed E-state index contributed by atoms with van der Waals surface area (Å²) in [4.78, 5) is 15.6. The average molecular weight is 224 g/mol. The number of aromatic nitrogens is 3. The van der Waals surface area contributed by atoms with Crippen molar-refractivity contribution < 1.29 is 4.79 Å². The van der Waals surface area contributed by atoms with Crippen molar-refractivity contribution >= 4 is 5.91 Å². The van der Waals surface area contributed by atoms with Gasteiger partial charge in [-0.15, -0.1) is 0 Å². The van der Waals surface area contributed by atoms with Gasteiger partial charge < -0.3 is 5.32 Å². The summed E-state index contributed by atoms with van der Waals surface area (Å²) in [7, 11) is 0. The zero-order chi connectivity index (χ0) is 11.8. The third-order valence-corrected chi connectivity index (χ3v) is 2.52. The van der Waals surface area contributed by atoms with Crippen LogP contribution in [-0.2, 0) is 11.2 Å². The van der Waals surface area contributed by atoms with Gasteiger partial charge in [-0.1, -0.05) is 20.3 Å². The van der Waals surface area contributed by atoms with Gasteiger partial charge in [0.15, 0.2) is 0 Å². The van der Waals surface area contributed by atoms with Crippen molar-refractivity contribution in [2.24, 2.45) is 5.92 Å². The molecule has 1 aromatic heterocycles. The molecule has 1 heterocycles. The molecule has 1 aromatic rings. The van der Waals surface area contributed by atoms with Crippen molar-refractivity contribution in [2.75, 3.05) is 6.54 Å². The summed E-state index contributed by atoms with van der Waals surface area (Å²) < 4.78 is 0. The van der Waals surface area contributed by atoms with Crippen LogP contribution in [0.15, 0.2) is 6.33 Å². The Balaban J connectivity index is 2.08. The molecule has 90 valence electrons. The first-order valence-corrected chi connectivity index (χ1v) is 5.86. The molecule has 1 atom stereocenters. The maximum absolute atomic E-state index is 11.5. The second-order valence-corrected chi connectivity index (χ2v) is 4.02. The number of nitrogens with zero attached hydrogens (tertiary/aromatic N) is 2. The second-order valence-electron chi connectivity index (χ2n) is 4.02. The fourth-order valence-electron chi connectivity index (χ4n) is 1.56. The minimum absolute atomic E-state index is 0.121. The quantitative estimate of drug-likeness (QED) is 0.686. The lowest BCUT2D eigenvalue weighted by Crippen LogP contribution is -2.30. The standard InChI is InChI=1S/C11H20N4O/c1-3-5-9(2)11(16)12-7-4-6-10-13-8-14-15-10/h8-9H,3-7H2,1-2H3,(H,12,16)(H,13,14,15). The first-order chi connectivity index (χ1) is 7.74. The monoisotopic (exact) mass is 224 g/mol. The van der Waals surface area contributed by atoms with E-state index < -0.39 is 0 Å². The van der Waals surface area contributed by atoms with Gasteiger partial charge in [0.05, 0.1) is 0 Å². The third-order valence-electron chi connectivity index (χ3n) is 2.52. The molecule has 0 fully saturated rings. The van der Waals surface area contributed by atoms with Gasteiger partial charge in [-0.25, -0.2) is 4.98 Å². The number of amides is 1. The number of H-pyrrole nitrogens is 1. The van der Waals surface area contributed by atoms with E-state index in [0.29, 0.717) is 6.54 Å². The molecule has 0 aliphatic rings. The molecule has 0 saturated carbocycles. The number of carbonyl (C=O) groups excluding carboxylic acids is 1. The summed E-state index contributed by atoms with van der Waals surface area (Å²) in [6, 6.07) is 0. The molecule has 1 amide bonds. The third kappa shape index (κ3) is 4.42. The van der Waals surface area contributed by atoms with E-state index in [1.54, 1.807) is 0 Å². The van der Waals surface area contributed by atoms with Gasteiger partial charge in [0.1, 0.15) is 12.2 Å². The maximum atomic E-state index is 11.5. The van der Waals surface area contributed by atoms with Gasteiger partial charge in [-0.05, 0) is 12.8 Å². The Hall–Kier alpha value is -1.39. The molecule has 0 radical (unpaired) electrons. The minimum atomic E-state index is 0.121. The maximum Gasteiger partial charge on any atom is 0.222 e. The molecule has 16 heavy (non-hydrogen) atoms. The number of hydrogen-bond donors (Lipinski definition) is 2. The fourth-order valence-corrected chi connectivity index (χ4v) is 1.56. The Kier molecular flexibility index (Phi) is 5.53. The second kappa shape index (κ2) is 6.98. The van der Waals surface area contributed by atoms with Crippen molar-refractivity contribution in [3.63, 3.8) is 0 Å². The van der Waals surface area contributed by atoms with Gasteiger partial charge in [0.2, 0.25) is 5.91 Å². The van der Waals surface area contributed by atoms with Crippen LogP contribution in [0.25, 0.3) is 0 Å². The Labute approximate surface area is 96.0 Å². The number of aromatic amines is 1. The van der Waals surface area contributed by atoms with Crippen LogP contribution in [0.2, 0.25) is 0 Å². The molecule has 1 rings (SSSR count). The SMILES string of the molecule is CCCC(C)C(=O)NCCCc1ncn[nH]1. The van der Waals surface area contributed by atoms with Crippen molar-refractivity contribution in [2.45, 2.75) is 39.5 Å². The zero-order valence-corrected chi connectivity index (χ0v) is 9.99. The van der Waals surface area contributed by atoms with Crippen LogP contribution >= 0.6 is 0 Å². The summed E-state index contributed by atoms with van der Waals surface area (Å²) in [6.07, 6.45) is 5.21. The largest absolute Gasteiger partial charge is 0.356 e. The topological polar surface area (TPSA) is 70.7 Å². The lowest BCUT2D eigenvalue weighted by Gasteiger charge is -2.10. The van der Waals surface area contributed by atoms with E-state index in [-0.39, 0.29) is 11.8 Å². The van der Waals surface area contributed by atoms with Crippen LogP contribution in [0.4, 0.5) is 0 Å². The Morgan fingerprint density at radius 2 is 2.44 bits per heavy atom. The molecule has 1 unspecified atom stereocenters. The average Bonchev–Trinajstić information content (AvgIpc) is 2.77. The number of aryl methyl sites for hydroxylation is 1. The highest BCUT2D eigenvalue weighted by Gasteiger charge is 2.10. The summed E-state index contributed by atoms with van der Waals surface area (Å²) in [6.45, 7) is 4.76. The van der Waals surface area contributed by atoms with E-state index in [9.17, 15) is 4.79 Å². The molecular formula is C11H20N4O. The molecule has 0 saturated heterocycles. The highest BCUT2D eigenvalue weighted by Crippen LogP contribution is 2.04. The molecule has 5 heteroatoms. The molecule has 0 bridgehead atoms. The molecule has 0 aliphatic carbocycles. The molecule has 0 aliphatic heterocycles. The number of nitrogens with one attached hydrogen (secondary N) is 2. The van der Waals surface area contributed by atoms with Crippen LogP contribution in [0.3, 0.4) is 0 Å². The predicted molar refractivity (Wildman–Crippen MR) is 61.8 cm³/mol. The minimum Gasteiger partial charge on any atom is -0.356 e. The van der Waals surface area contributed by atoms with Crippen LogP contribution < -0.4 is 5.32 Å². The lowest BCUT2D eigenvalue weighted by molar-refractivity contribution is -0.124. The zero-order valence-electron chi connectivity index (χ0n) is 9.99. The first kappa shape index (κ1) is 12.7. The fraction of sp³-hybridized carbons (Fsp3) is 0.727. The number of carbonyl (C=O) groups is 1. The van der Waals surface area contributed by atoms with E-state index in [1.807, 2.05) is 6.92 Å². The van der Waals surface area contributed by atoms with Crippen molar-refractivity contribution in [3.05, 3.63) is 12.2 Å². The van der Waals surface area contributed by atoms with Crippen molar-refractivity contribution in [1.29, 1.82) is 0 Å². The van der Waals surface area contributed by atoms with Crippen LogP contribution in [0.1, 0.15) is 38.9 Å². The smallest absolute Gasteiger partial charge is 0.222 e. The molecule has 0 aromatic carbocycles. The highest BCUT2D eigenvalue weighted by molar-refractivity contribution is 5.78. The van der Waals surface area contributed by atoms with Crippen LogP contribution in [-0.4, -0.2) is 27.6 Å². The van der Waals surface area contributed by atoms with Gasteiger partial charge in [-0.3, -0.25) is 9.89 Å². The van der Waals surface area contributed by atoms with E-state index in [1.165, 1.54) is 6.33 Å². The molecular weight excluding hydrogens is 204 g/mol. The van der Waals surface area contributed by atoms with Crippen LogP contribution in [0.5, 0.6) is 0 Å². The van der Waals surface area contributed by atoms with Gasteiger partial charge in [-0.2, -0.15) is 5.10 Å². The molecule has 0 spiro atoms. The first-order valence-electron chi connectivity index (χ1n) is 5.86. The molecule has 2 N–H and O–H groups in total. The van der Waals surface area contributed by atoms with Crippen molar-refractivity contribution in [1.82, 2.24) is 20.5 Å².